The van der Waals surface area contributed by atoms with Crippen molar-refractivity contribution in [2.45, 2.75) is 350 Å². The van der Waals surface area contributed by atoms with Crippen molar-refractivity contribution in [1.82, 2.24) is 5.32 Å². The van der Waals surface area contributed by atoms with Crippen LogP contribution >= 0.6 is 7.82 Å². The van der Waals surface area contributed by atoms with E-state index in [9.17, 15) is 65.3 Å². The summed E-state index contributed by atoms with van der Waals surface area (Å²) in [5.74, 6) is -0.803. The second kappa shape index (κ2) is 44.7. The Kier molecular flexibility index (Phi) is 41.9. The van der Waals surface area contributed by atoms with Gasteiger partial charge in [-0.3, -0.25) is 13.8 Å². The lowest BCUT2D eigenvalue weighted by atomic mass is 9.84. The first-order valence-electron chi connectivity index (χ1n) is 31.1. The Labute approximate surface area is 464 Å². The van der Waals surface area contributed by atoms with Gasteiger partial charge in [0.05, 0.1) is 25.4 Å². The van der Waals surface area contributed by atoms with E-state index >= 15 is 0 Å². The Morgan fingerprint density at radius 1 is 0.481 bits per heavy atom. The van der Waals surface area contributed by atoms with E-state index in [-0.39, 0.29) is 12.8 Å². The van der Waals surface area contributed by atoms with E-state index in [1.54, 1.807) is 0 Å². The van der Waals surface area contributed by atoms with Crippen molar-refractivity contribution >= 4 is 13.7 Å². The number of amides is 1. The smallest absolute Gasteiger partial charge is 0.394 e. The minimum Gasteiger partial charge on any atom is -0.394 e. The molecule has 0 aromatic carbocycles. The molecule has 19 heteroatoms. The van der Waals surface area contributed by atoms with E-state index in [2.05, 4.69) is 19.2 Å². The highest BCUT2D eigenvalue weighted by atomic mass is 31.2. The molecule has 18 nitrogen and oxygen atoms in total. The average molecular weight is 1130 g/mol. The summed E-state index contributed by atoms with van der Waals surface area (Å²) in [4.78, 5) is 24.3. The second-order valence-electron chi connectivity index (χ2n) is 22.7. The summed E-state index contributed by atoms with van der Waals surface area (Å²) in [7, 11) is -5.39. The van der Waals surface area contributed by atoms with Crippen LogP contribution in [0.4, 0.5) is 0 Å². The number of hydrogen-bond donors (Lipinski definition) is 12. The molecule has 12 N–H and O–H groups in total. The number of hydrogen-bond acceptors (Lipinski definition) is 16. The average Bonchev–Trinajstić information content (AvgIpc) is 3.41. The van der Waals surface area contributed by atoms with Crippen LogP contribution in [0.5, 0.6) is 0 Å². The maximum atomic E-state index is 13.6. The van der Waals surface area contributed by atoms with E-state index in [0.717, 1.165) is 51.4 Å². The van der Waals surface area contributed by atoms with Crippen LogP contribution in [-0.2, 0) is 27.9 Å². The first kappa shape index (κ1) is 72.2. The predicted molar refractivity (Wildman–Crippen MR) is 299 cm³/mol. The van der Waals surface area contributed by atoms with E-state index in [1.165, 1.54) is 173 Å². The number of carbonyl (C=O) groups is 1. The molecule has 1 saturated carbocycles. The highest BCUT2D eigenvalue weighted by Crippen LogP contribution is 2.48. The van der Waals surface area contributed by atoms with Crippen molar-refractivity contribution in [1.29, 1.82) is 0 Å². The van der Waals surface area contributed by atoms with E-state index < -0.39 is 113 Å². The molecular weight excluding hydrogens is 1010 g/mol. The summed E-state index contributed by atoms with van der Waals surface area (Å²) >= 11 is 0. The van der Waals surface area contributed by atoms with Crippen LogP contribution in [0.2, 0.25) is 0 Å². The lowest BCUT2D eigenvalue weighted by Crippen LogP contribution is -2.67. The van der Waals surface area contributed by atoms with Crippen LogP contribution in [0.15, 0.2) is 0 Å². The highest BCUT2D eigenvalue weighted by Gasteiger charge is 2.55. The van der Waals surface area contributed by atoms with Crippen LogP contribution in [0.25, 0.3) is 0 Å². The fourth-order valence-electron chi connectivity index (χ4n) is 10.7. The fourth-order valence-corrected chi connectivity index (χ4v) is 11.6. The third-order valence-corrected chi connectivity index (χ3v) is 16.9. The molecule has 2 fully saturated rings. The molecule has 1 aliphatic heterocycles. The number of phosphoric ester groups is 1. The molecular formula is C58H114NO17P. The van der Waals surface area contributed by atoms with E-state index in [4.69, 9.17) is 18.5 Å². The molecule has 15 atom stereocenters. The van der Waals surface area contributed by atoms with Gasteiger partial charge in [-0.25, -0.2) is 4.57 Å². The van der Waals surface area contributed by atoms with Crippen molar-refractivity contribution in [3.63, 3.8) is 0 Å². The van der Waals surface area contributed by atoms with Crippen molar-refractivity contribution in [2.75, 3.05) is 13.2 Å². The summed E-state index contributed by atoms with van der Waals surface area (Å²) in [5.41, 5.74) is 0. The molecule has 2 rings (SSSR count). The maximum absolute atomic E-state index is 13.6. The summed E-state index contributed by atoms with van der Waals surface area (Å²) < 4.78 is 34.9. The largest absolute Gasteiger partial charge is 0.472 e. The number of carbonyl (C=O) groups excluding carboxylic acids is 1. The van der Waals surface area contributed by atoms with Crippen LogP contribution in [0.3, 0.4) is 0 Å². The topological polar surface area (TPSA) is 306 Å². The minimum atomic E-state index is -5.39. The van der Waals surface area contributed by atoms with Gasteiger partial charge in [-0.1, -0.05) is 251 Å². The van der Waals surface area contributed by atoms with Gasteiger partial charge in [-0.15, -0.1) is 0 Å². The number of ether oxygens (including phenoxy) is 2. The molecule has 1 heterocycles. The predicted octanol–water partition coefficient (Wildman–Crippen LogP) is 8.59. The molecule has 3 unspecified atom stereocenters. The molecule has 77 heavy (non-hydrogen) atoms. The Morgan fingerprint density at radius 3 is 1.19 bits per heavy atom. The standard InChI is InChI=1S/C58H114NO17P/c1-3-5-7-9-11-13-15-17-19-20-21-22-23-24-25-27-29-31-33-35-37-39-41-46(62)57(70)59-44(45(61)40-38-36-34-32-30-28-26-18-16-14-12-10-8-6-4-2)43-73-77(71,72)76-56-53(68)51(66)50(65)52(67)55(56)75-58-54(69)49(64)48(63)47(42-60)74-58/h44-56,58,60-69H,3-43H2,1-2H3,(H,59,70)(H,71,72)/t44-,45+,46?,47+,48+,49-,50+,51+,52-,53+,54-,55+,56+,58?/m0/s1. The zero-order valence-electron chi connectivity index (χ0n) is 47.9. The third-order valence-electron chi connectivity index (χ3n) is 15.9. The van der Waals surface area contributed by atoms with E-state index in [1.807, 2.05) is 0 Å². The molecule has 1 amide bonds. The molecule has 458 valence electrons. The minimum absolute atomic E-state index is 0.168. The molecule has 2 aliphatic rings. The summed E-state index contributed by atoms with van der Waals surface area (Å²) in [6, 6.07) is -1.31. The van der Waals surface area contributed by atoms with E-state index in [0.29, 0.717) is 12.8 Å². The van der Waals surface area contributed by atoms with Crippen molar-refractivity contribution in [3.8, 4) is 0 Å². The zero-order chi connectivity index (χ0) is 56.7. The SMILES string of the molecule is CCCCCCCCCCCCCCCCCCCCCCCCC(O)C(=O)N[C@@H](COP(=O)(O)O[C@@H]1[C@H](O)[C@H](O)[C@@H](O)[C@H](O)[C@H]1OC1O[C@H](CO)[C@@H](O)[C@H](O)[C@@H]1O)[C@H](O)CCCCCCCCCCCCCCCCC. The number of aliphatic hydroxyl groups is 10. The highest BCUT2D eigenvalue weighted by molar-refractivity contribution is 7.47. The van der Waals surface area contributed by atoms with Gasteiger partial charge in [0.25, 0.3) is 0 Å². The monoisotopic (exact) mass is 1130 g/mol. The number of rotatable bonds is 50. The molecule has 0 aromatic rings. The number of unbranched alkanes of at least 4 members (excludes halogenated alkanes) is 35. The van der Waals surface area contributed by atoms with Gasteiger partial charge < -0.3 is 70.7 Å². The molecule has 0 aromatic heterocycles. The van der Waals surface area contributed by atoms with Gasteiger partial charge in [0.1, 0.15) is 67.1 Å². The Morgan fingerprint density at radius 2 is 0.818 bits per heavy atom. The van der Waals surface area contributed by atoms with Crippen molar-refractivity contribution < 1.29 is 83.8 Å². The molecule has 0 bridgehead atoms. The molecule has 1 saturated heterocycles. The van der Waals surface area contributed by atoms with Crippen molar-refractivity contribution in [3.05, 3.63) is 0 Å². The van der Waals surface area contributed by atoms with Gasteiger partial charge in [0, 0.05) is 0 Å². The summed E-state index contributed by atoms with van der Waals surface area (Å²) in [6.07, 6.45) is 20.3. The normalized spacial score (nSPS) is 26.8. The quantitative estimate of drug-likeness (QED) is 0.0200. The van der Waals surface area contributed by atoms with Gasteiger partial charge in [0.15, 0.2) is 6.29 Å². The Bertz CT molecular complexity index is 1450. The first-order chi connectivity index (χ1) is 37.1. The third kappa shape index (κ3) is 31.4. The second-order valence-corrected chi connectivity index (χ2v) is 24.2. The van der Waals surface area contributed by atoms with Crippen LogP contribution in [0, 0.1) is 0 Å². The van der Waals surface area contributed by atoms with Crippen LogP contribution in [0.1, 0.15) is 264 Å². The van der Waals surface area contributed by atoms with Gasteiger partial charge in [0.2, 0.25) is 5.91 Å². The molecule has 1 aliphatic carbocycles. The van der Waals surface area contributed by atoms with Crippen LogP contribution in [-0.4, -0.2) is 161 Å². The van der Waals surface area contributed by atoms with Crippen LogP contribution < -0.4 is 5.32 Å². The number of aliphatic hydroxyl groups excluding tert-OH is 10. The molecule has 0 spiro atoms. The Hall–Kier alpha value is -0.900. The maximum Gasteiger partial charge on any atom is 0.472 e. The fraction of sp³-hybridized carbons (Fsp3) is 0.983. The lowest BCUT2D eigenvalue weighted by Gasteiger charge is -2.47. The summed E-state index contributed by atoms with van der Waals surface area (Å²) in [5, 5.41) is 108. The number of phosphoric acid groups is 1. The first-order valence-corrected chi connectivity index (χ1v) is 32.6. The molecule has 0 radical (unpaired) electrons. The summed E-state index contributed by atoms with van der Waals surface area (Å²) in [6.45, 7) is 2.83. The lowest BCUT2D eigenvalue weighted by molar-refractivity contribution is -0.338. The van der Waals surface area contributed by atoms with Gasteiger partial charge in [-0.2, -0.15) is 0 Å². The van der Waals surface area contributed by atoms with Gasteiger partial charge >= 0.3 is 7.82 Å². The number of nitrogens with one attached hydrogen (secondary N) is 1. The van der Waals surface area contributed by atoms with Gasteiger partial charge in [-0.05, 0) is 12.8 Å². The Balaban J connectivity index is 1.86. The van der Waals surface area contributed by atoms with Crippen molar-refractivity contribution in [2.24, 2.45) is 0 Å². The zero-order valence-corrected chi connectivity index (χ0v) is 48.8.